The number of carbonyl (C=O) groups excluding carboxylic acids is 3. The molecule has 7 atom stereocenters. The van der Waals surface area contributed by atoms with Crippen LogP contribution < -0.4 is 0 Å². The zero-order valence-corrected chi connectivity index (χ0v) is 25.1. The van der Waals surface area contributed by atoms with Crippen molar-refractivity contribution in [1.29, 1.82) is 0 Å². The van der Waals surface area contributed by atoms with E-state index in [2.05, 4.69) is 29.1 Å². The van der Waals surface area contributed by atoms with Crippen LogP contribution in [0.25, 0.3) is 0 Å². The Morgan fingerprint density at radius 3 is 2.59 bits per heavy atom. The van der Waals surface area contributed by atoms with Crippen molar-refractivity contribution in [3.8, 4) is 0 Å². The summed E-state index contributed by atoms with van der Waals surface area (Å²) in [5, 5.41) is 10.7. The summed E-state index contributed by atoms with van der Waals surface area (Å²) in [6.45, 7) is 7.84. The highest BCUT2D eigenvalue weighted by molar-refractivity contribution is 9.09. The number of likely N-dealkylation sites (tertiary alicyclic amines) is 1. The summed E-state index contributed by atoms with van der Waals surface area (Å²) in [5.41, 5.74) is -0.493. The summed E-state index contributed by atoms with van der Waals surface area (Å²) in [6.07, 6.45) is 9.67. The number of halogens is 1. The van der Waals surface area contributed by atoms with Gasteiger partial charge in [-0.15, -0.1) is 13.2 Å². The van der Waals surface area contributed by atoms with Crippen LogP contribution in [-0.2, 0) is 23.9 Å². The van der Waals surface area contributed by atoms with Gasteiger partial charge in [0.05, 0.1) is 37.2 Å². The molecule has 222 valence electrons. The summed E-state index contributed by atoms with van der Waals surface area (Å²) >= 11 is 3.72. The smallest absolute Gasteiger partial charge is 0.312 e. The molecule has 2 bridgehead atoms. The molecule has 0 aromatic heterocycles. The fourth-order valence-electron chi connectivity index (χ4n) is 7.59. The second-order valence-corrected chi connectivity index (χ2v) is 12.9. The lowest BCUT2D eigenvalue weighted by molar-refractivity contribution is -0.157. The number of carbonyl (C=O) groups is 3. The number of rotatable bonds is 12. The first kappa shape index (κ1) is 30.0. The van der Waals surface area contributed by atoms with Crippen LogP contribution in [0.4, 0.5) is 0 Å². The third-order valence-electron chi connectivity index (χ3n) is 9.35. The molecule has 4 fully saturated rings. The minimum Gasteiger partial charge on any atom is -0.465 e. The van der Waals surface area contributed by atoms with E-state index in [1.54, 1.807) is 12.2 Å². The number of ether oxygens (including phenoxy) is 2. The Morgan fingerprint density at radius 1 is 1.20 bits per heavy atom. The summed E-state index contributed by atoms with van der Waals surface area (Å²) in [7, 11) is 0. The number of esters is 1. The number of alkyl halides is 1. The minimum atomic E-state index is -1.21. The van der Waals surface area contributed by atoms with Crippen molar-refractivity contribution in [3.05, 3.63) is 61.2 Å². The lowest BCUT2D eigenvalue weighted by Crippen LogP contribution is -2.59. The first-order valence-electron chi connectivity index (χ1n) is 14.9. The SMILES string of the molecule is C=CCCCOC(=O)[C@H]1[C@H]2C(=O)N([C@H](CO)c3ccccc3)C(C(=O)N(CC=C)C3CCCCC3)C23CC(Br)[C@@H]1O3. The molecule has 1 saturated carbocycles. The molecule has 5 rings (SSSR count). The third-order valence-corrected chi connectivity index (χ3v) is 10.2. The van der Waals surface area contributed by atoms with Crippen LogP contribution >= 0.6 is 15.9 Å². The van der Waals surface area contributed by atoms with E-state index >= 15 is 0 Å². The van der Waals surface area contributed by atoms with Gasteiger partial charge in [-0.05, 0) is 37.7 Å². The third kappa shape index (κ3) is 5.30. The molecule has 3 aliphatic heterocycles. The second-order valence-electron chi connectivity index (χ2n) is 11.7. The second kappa shape index (κ2) is 12.8. The molecular formula is C32H41BrN2O6. The maximum Gasteiger partial charge on any atom is 0.312 e. The van der Waals surface area contributed by atoms with Crippen molar-refractivity contribution >= 4 is 33.7 Å². The predicted molar refractivity (Wildman–Crippen MR) is 158 cm³/mol. The summed E-state index contributed by atoms with van der Waals surface area (Å²) in [5.74, 6) is -2.75. The number of aliphatic hydroxyl groups is 1. The molecule has 1 N–H and O–H groups in total. The number of hydrogen-bond acceptors (Lipinski definition) is 6. The molecule has 2 amide bonds. The van der Waals surface area contributed by atoms with E-state index in [0.29, 0.717) is 25.8 Å². The van der Waals surface area contributed by atoms with Gasteiger partial charge in [0.25, 0.3) is 0 Å². The highest BCUT2D eigenvalue weighted by Crippen LogP contribution is 2.61. The van der Waals surface area contributed by atoms with Crippen molar-refractivity contribution in [3.63, 3.8) is 0 Å². The topological polar surface area (TPSA) is 96.4 Å². The van der Waals surface area contributed by atoms with Gasteiger partial charge in [-0.2, -0.15) is 0 Å². The molecule has 1 aromatic rings. The molecule has 1 aliphatic carbocycles. The number of amides is 2. The van der Waals surface area contributed by atoms with E-state index in [1.807, 2.05) is 35.2 Å². The number of unbranched alkanes of at least 4 members (excludes halogenated alkanes) is 1. The standard InChI is InChI=1S/C32H41BrN2O6/c1-3-5-12-18-40-31(39)25-26-29(37)35(24(20-36)21-13-8-6-9-14-21)28(32(26)19-23(33)27(25)41-32)30(38)34(17-4-2)22-15-10-7-11-16-22/h3-4,6,8-9,13-14,22-28,36H,1-2,5,7,10-12,15-20H2/t23?,24-,25+,26+,27+,28?,32?/m1/s1. The van der Waals surface area contributed by atoms with Gasteiger partial charge >= 0.3 is 5.97 Å². The molecule has 3 unspecified atom stereocenters. The predicted octanol–water partition coefficient (Wildman–Crippen LogP) is 4.32. The van der Waals surface area contributed by atoms with Crippen LogP contribution in [0, 0.1) is 11.8 Å². The normalized spacial score (nSPS) is 31.5. The number of aliphatic hydroxyl groups excluding tert-OH is 1. The molecule has 8 nitrogen and oxygen atoms in total. The highest BCUT2D eigenvalue weighted by Gasteiger charge is 2.77. The Morgan fingerprint density at radius 2 is 1.93 bits per heavy atom. The quantitative estimate of drug-likeness (QED) is 0.160. The first-order chi connectivity index (χ1) is 19.9. The van der Waals surface area contributed by atoms with Gasteiger partial charge in [-0.1, -0.05) is 77.7 Å². The Bertz CT molecular complexity index is 1140. The van der Waals surface area contributed by atoms with Gasteiger partial charge in [-0.25, -0.2) is 0 Å². The molecular weight excluding hydrogens is 588 g/mol. The Hall–Kier alpha value is -2.49. The van der Waals surface area contributed by atoms with Gasteiger partial charge in [0.15, 0.2) is 0 Å². The van der Waals surface area contributed by atoms with Crippen molar-refractivity contribution < 1.29 is 29.0 Å². The molecule has 1 spiro atoms. The van der Waals surface area contributed by atoms with Crippen LogP contribution in [0.3, 0.4) is 0 Å². The first-order valence-corrected chi connectivity index (χ1v) is 15.8. The zero-order chi connectivity index (χ0) is 29.1. The van der Waals surface area contributed by atoms with Crippen LogP contribution in [0.2, 0.25) is 0 Å². The van der Waals surface area contributed by atoms with Gasteiger partial charge in [0.2, 0.25) is 11.8 Å². The summed E-state index contributed by atoms with van der Waals surface area (Å²) < 4.78 is 12.3. The van der Waals surface area contributed by atoms with Gasteiger partial charge in [-0.3, -0.25) is 14.4 Å². The van der Waals surface area contributed by atoms with Crippen LogP contribution in [0.1, 0.15) is 63.0 Å². The Labute approximate surface area is 250 Å². The molecule has 0 radical (unpaired) electrons. The van der Waals surface area contributed by atoms with Crippen LogP contribution in [0.15, 0.2) is 55.6 Å². The zero-order valence-electron chi connectivity index (χ0n) is 23.5. The molecule has 4 aliphatic rings. The number of fused-ring (bicyclic) bond motifs is 1. The largest absolute Gasteiger partial charge is 0.465 e. The van der Waals surface area contributed by atoms with E-state index in [1.165, 1.54) is 4.90 Å². The minimum absolute atomic E-state index is 0.0370. The molecule has 9 heteroatoms. The van der Waals surface area contributed by atoms with Crippen molar-refractivity contribution in [2.45, 2.75) is 86.0 Å². The Kier molecular flexibility index (Phi) is 9.36. The number of benzene rings is 1. The number of nitrogens with zero attached hydrogens (tertiary/aromatic N) is 2. The van der Waals surface area contributed by atoms with E-state index in [-0.39, 0.29) is 35.9 Å². The van der Waals surface area contributed by atoms with Crippen LogP contribution in [-0.4, -0.2) is 81.1 Å². The van der Waals surface area contributed by atoms with Gasteiger partial charge in [0.1, 0.15) is 11.6 Å². The highest BCUT2D eigenvalue weighted by atomic mass is 79.9. The van der Waals surface area contributed by atoms with E-state index in [9.17, 15) is 19.5 Å². The Balaban J connectivity index is 1.57. The number of hydrogen-bond donors (Lipinski definition) is 1. The molecule has 3 heterocycles. The average Bonchev–Trinajstić information content (AvgIpc) is 3.58. The lowest BCUT2D eigenvalue weighted by Gasteiger charge is -2.42. The van der Waals surface area contributed by atoms with E-state index in [4.69, 9.17) is 9.47 Å². The maximum atomic E-state index is 14.8. The fourth-order valence-corrected chi connectivity index (χ4v) is 8.53. The van der Waals surface area contributed by atoms with Crippen molar-refractivity contribution in [2.24, 2.45) is 11.8 Å². The lowest BCUT2D eigenvalue weighted by atomic mass is 9.70. The van der Waals surface area contributed by atoms with Crippen molar-refractivity contribution in [1.82, 2.24) is 9.80 Å². The fraction of sp³-hybridized carbons (Fsp3) is 0.594. The van der Waals surface area contributed by atoms with E-state index in [0.717, 1.165) is 37.7 Å². The molecule has 41 heavy (non-hydrogen) atoms. The maximum absolute atomic E-state index is 14.8. The average molecular weight is 630 g/mol. The van der Waals surface area contributed by atoms with E-state index < -0.39 is 41.6 Å². The van der Waals surface area contributed by atoms with Gasteiger partial charge in [0, 0.05) is 17.4 Å². The van der Waals surface area contributed by atoms with Gasteiger partial charge < -0.3 is 24.4 Å². The molecule has 1 aromatic carbocycles. The number of allylic oxidation sites excluding steroid dienone is 1. The summed E-state index contributed by atoms with van der Waals surface area (Å²) in [6, 6.07) is 7.53. The monoisotopic (exact) mass is 628 g/mol. The van der Waals surface area contributed by atoms with Crippen molar-refractivity contribution in [2.75, 3.05) is 19.8 Å². The molecule has 3 saturated heterocycles. The van der Waals surface area contributed by atoms with Crippen LogP contribution in [0.5, 0.6) is 0 Å². The summed E-state index contributed by atoms with van der Waals surface area (Å²) in [4.78, 5) is 46.0.